The monoisotopic (exact) mass is 338 g/mol. The van der Waals surface area contributed by atoms with Crippen LogP contribution in [0.25, 0.3) is 0 Å². The Kier molecular flexibility index (Phi) is 4.15. The van der Waals surface area contributed by atoms with Crippen molar-refractivity contribution in [1.82, 2.24) is 9.78 Å². The summed E-state index contributed by atoms with van der Waals surface area (Å²) in [7, 11) is 0. The van der Waals surface area contributed by atoms with Crippen molar-refractivity contribution in [2.45, 2.75) is 12.7 Å². The van der Waals surface area contributed by atoms with Gasteiger partial charge in [-0.15, -0.1) is 0 Å². The Labute approximate surface area is 126 Å². The molecule has 1 N–H and O–H groups in total. The molecule has 4 nitrogen and oxygen atoms in total. The second-order valence-electron chi connectivity index (χ2n) is 4.12. The van der Waals surface area contributed by atoms with E-state index in [0.717, 1.165) is 4.68 Å². The van der Waals surface area contributed by atoms with Crippen LogP contribution in [0.5, 0.6) is 0 Å². The Morgan fingerprint density at radius 1 is 1.24 bits per heavy atom. The summed E-state index contributed by atoms with van der Waals surface area (Å²) in [5, 5.41) is 12.7. The lowest BCUT2D eigenvalue weighted by molar-refractivity contribution is -0.141. The van der Waals surface area contributed by atoms with Gasteiger partial charge in [0, 0.05) is 6.07 Å². The van der Waals surface area contributed by atoms with Gasteiger partial charge in [0.25, 0.3) is 0 Å². The molecule has 112 valence electrons. The Morgan fingerprint density at radius 2 is 1.90 bits per heavy atom. The van der Waals surface area contributed by atoms with Crippen LogP contribution < -0.4 is 0 Å². The van der Waals surface area contributed by atoms with Gasteiger partial charge in [0.1, 0.15) is 5.69 Å². The zero-order valence-electron chi connectivity index (χ0n) is 10.2. The average Bonchev–Trinajstić information content (AvgIpc) is 2.78. The van der Waals surface area contributed by atoms with E-state index in [2.05, 4.69) is 5.10 Å². The van der Waals surface area contributed by atoms with Crippen LogP contribution in [0.15, 0.2) is 24.3 Å². The molecule has 0 saturated carbocycles. The van der Waals surface area contributed by atoms with Crippen LogP contribution in [0.4, 0.5) is 13.2 Å². The van der Waals surface area contributed by atoms with Gasteiger partial charge in [-0.2, -0.15) is 18.3 Å². The van der Waals surface area contributed by atoms with E-state index in [0.29, 0.717) is 11.6 Å². The van der Waals surface area contributed by atoms with Gasteiger partial charge in [-0.1, -0.05) is 29.3 Å². The fraction of sp³-hybridized carbons (Fsp3) is 0.167. The molecular formula is C12H7Cl2F3N2O2. The summed E-state index contributed by atoms with van der Waals surface area (Å²) >= 11 is 11.5. The number of nitrogens with zero attached hydrogens (tertiary/aromatic N) is 2. The molecule has 0 fully saturated rings. The molecule has 0 aliphatic heterocycles. The molecule has 0 spiro atoms. The first-order valence-electron chi connectivity index (χ1n) is 5.51. The van der Waals surface area contributed by atoms with Gasteiger partial charge in [0.05, 0.1) is 16.6 Å². The minimum absolute atomic E-state index is 0.172. The highest BCUT2D eigenvalue weighted by Gasteiger charge is 2.35. The number of halogens is 5. The predicted octanol–water partition coefficient (Wildman–Crippen LogP) is 3.96. The highest BCUT2D eigenvalue weighted by atomic mass is 35.5. The molecule has 0 unspecified atom stereocenters. The van der Waals surface area contributed by atoms with Crippen molar-refractivity contribution in [1.29, 1.82) is 0 Å². The number of alkyl halides is 3. The van der Waals surface area contributed by atoms with Crippen LogP contribution in [0.2, 0.25) is 10.0 Å². The predicted molar refractivity (Wildman–Crippen MR) is 69.8 cm³/mol. The summed E-state index contributed by atoms with van der Waals surface area (Å²) in [6.45, 7) is -0.172. The summed E-state index contributed by atoms with van der Waals surface area (Å²) < 4.78 is 38.5. The van der Waals surface area contributed by atoms with Gasteiger partial charge >= 0.3 is 12.1 Å². The van der Waals surface area contributed by atoms with Gasteiger partial charge in [-0.05, 0) is 17.7 Å². The van der Waals surface area contributed by atoms with E-state index in [4.69, 9.17) is 28.3 Å². The number of aromatic carboxylic acids is 1. The first-order valence-corrected chi connectivity index (χ1v) is 6.26. The van der Waals surface area contributed by atoms with Crippen LogP contribution in [0.1, 0.15) is 21.7 Å². The molecule has 0 amide bonds. The molecule has 0 aliphatic rings. The number of hydrogen-bond donors (Lipinski definition) is 1. The van der Waals surface area contributed by atoms with Crippen molar-refractivity contribution in [3.63, 3.8) is 0 Å². The Morgan fingerprint density at radius 3 is 2.43 bits per heavy atom. The average molecular weight is 339 g/mol. The van der Waals surface area contributed by atoms with Crippen LogP contribution in [-0.4, -0.2) is 20.9 Å². The highest BCUT2D eigenvalue weighted by Crippen LogP contribution is 2.29. The number of carboxylic acid groups (broad SMARTS) is 1. The molecule has 0 saturated heterocycles. The van der Waals surface area contributed by atoms with Gasteiger partial charge in [0.15, 0.2) is 5.69 Å². The second kappa shape index (κ2) is 5.57. The number of carboxylic acids is 1. The van der Waals surface area contributed by atoms with Crippen LogP contribution in [0.3, 0.4) is 0 Å². The number of hydrogen-bond acceptors (Lipinski definition) is 2. The normalized spacial score (nSPS) is 11.7. The topological polar surface area (TPSA) is 55.1 Å². The van der Waals surface area contributed by atoms with Crippen molar-refractivity contribution in [3.8, 4) is 0 Å². The minimum Gasteiger partial charge on any atom is -0.477 e. The molecule has 0 bridgehead atoms. The van der Waals surface area contributed by atoms with E-state index >= 15 is 0 Å². The van der Waals surface area contributed by atoms with Gasteiger partial charge in [-0.3, -0.25) is 4.68 Å². The standard InChI is InChI=1S/C12H7Cl2F3N2O2/c13-7-2-1-6(3-8(7)14)5-19-9(11(20)21)4-10(18-19)12(15,16)17/h1-4H,5H2,(H,20,21). The number of aromatic nitrogens is 2. The zero-order chi connectivity index (χ0) is 15.8. The van der Waals surface area contributed by atoms with E-state index in [1.807, 2.05) is 0 Å². The SMILES string of the molecule is O=C(O)c1cc(C(F)(F)F)nn1Cc1ccc(Cl)c(Cl)c1. The lowest BCUT2D eigenvalue weighted by Gasteiger charge is -2.06. The lowest BCUT2D eigenvalue weighted by atomic mass is 10.2. The third-order valence-corrected chi connectivity index (χ3v) is 3.34. The molecule has 0 atom stereocenters. The zero-order valence-corrected chi connectivity index (χ0v) is 11.7. The quantitative estimate of drug-likeness (QED) is 0.921. The van der Waals surface area contributed by atoms with Crippen molar-refractivity contribution < 1.29 is 23.1 Å². The van der Waals surface area contributed by atoms with Crippen LogP contribution in [-0.2, 0) is 12.7 Å². The molecule has 1 heterocycles. The summed E-state index contributed by atoms with van der Waals surface area (Å²) in [6.07, 6.45) is -4.72. The van der Waals surface area contributed by atoms with Crippen molar-refractivity contribution in [3.05, 3.63) is 51.3 Å². The molecule has 2 rings (SSSR count). The molecule has 0 aliphatic carbocycles. The van der Waals surface area contributed by atoms with E-state index in [1.165, 1.54) is 18.2 Å². The van der Waals surface area contributed by atoms with Crippen LogP contribution >= 0.6 is 23.2 Å². The molecule has 1 aromatic heterocycles. The molecule has 1 aromatic carbocycles. The maximum absolute atomic E-state index is 12.6. The first kappa shape index (κ1) is 15.7. The van der Waals surface area contributed by atoms with E-state index in [1.54, 1.807) is 0 Å². The molecular weight excluding hydrogens is 332 g/mol. The Hall–Kier alpha value is -1.73. The Balaban J connectivity index is 2.40. The lowest BCUT2D eigenvalue weighted by Crippen LogP contribution is -2.12. The van der Waals surface area contributed by atoms with Gasteiger partial charge in [0.2, 0.25) is 0 Å². The maximum Gasteiger partial charge on any atom is 0.435 e. The first-order chi connectivity index (χ1) is 9.68. The number of benzene rings is 1. The van der Waals surface area contributed by atoms with Gasteiger partial charge < -0.3 is 5.11 Å². The molecule has 21 heavy (non-hydrogen) atoms. The molecule has 9 heteroatoms. The third kappa shape index (κ3) is 3.48. The maximum atomic E-state index is 12.6. The van der Waals surface area contributed by atoms with Crippen molar-refractivity contribution in [2.75, 3.05) is 0 Å². The Bertz CT molecular complexity index is 698. The van der Waals surface area contributed by atoms with E-state index in [9.17, 15) is 18.0 Å². The van der Waals surface area contributed by atoms with E-state index in [-0.39, 0.29) is 16.6 Å². The minimum atomic E-state index is -4.72. The molecule has 2 aromatic rings. The fourth-order valence-corrected chi connectivity index (χ4v) is 1.98. The third-order valence-electron chi connectivity index (χ3n) is 2.61. The summed E-state index contributed by atoms with van der Waals surface area (Å²) in [5.41, 5.74) is -1.35. The van der Waals surface area contributed by atoms with Gasteiger partial charge in [-0.25, -0.2) is 4.79 Å². The van der Waals surface area contributed by atoms with Crippen molar-refractivity contribution >= 4 is 29.2 Å². The number of rotatable bonds is 3. The smallest absolute Gasteiger partial charge is 0.435 e. The van der Waals surface area contributed by atoms with E-state index < -0.39 is 23.5 Å². The fourth-order valence-electron chi connectivity index (χ4n) is 1.66. The second-order valence-corrected chi connectivity index (χ2v) is 4.94. The summed E-state index contributed by atoms with van der Waals surface area (Å²) in [5.74, 6) is -1.50. The summed E-state index contributed by atoms with van der Waals surface area (Å²) in [6, 6.07) is 4.91. The highest BCUT2D eigenvalue weighted by molar-refractivity contribution is 6.42. The number of carbonyl (C=O) groups is 1. The van der Waals surface area contributed by atoms with Crippen molar-refractivity contribution in [2.24, 2.45) is 0 Å². The van der Waals surface area contributed by atoms with Crippen LogP contribution in [0, 0.1) is 0 Å². The summed E-state index contributed by atoms with van der Waals surface area (Å²) in [4.78, 5) is 11.0. The molecule has 0 radical (unpaired) electrons. The largest absolute Gasteiger partial charge is 0.477 e.